The van der Waals surface area contributed by atoms with Crippen LogP contribution in [-0.2, 0) is 14.3 Å². The molecule has 2 aromatic rings. The van der Waals surface area contributed by atoms with Crippen molar-refractivity contribution < 1.29 is 14.3 Å². The van der Waals surface area contributed by atoms with Crippen LogP contribution in [0.1, 0.15) is 36.6 Å². The molecular formula is C21H24N2O3S. The number of aromatic nitrogens is 1. The third-order valence-electron chi connectivity index (χ3n) is 6.03. The zero-order valence-electron chi connectivity index (χ0n) is 15.3. The quantitative estimate of drug-likeness (QED) is 0.741. The Bertz CT molecular complexity index is 828. The minimum atomic E-state index is -0.435. The maximum Gasteiger partial charge on any atom is 0.226 e. The first-order valence-electron chi connectivity index (χ1n) is 9.81. The number of fused-ring (bicyclic) bond motifs is 1. The van der Waals surface area contributed by atoms with Gasteiger partial charge in [0, 0.05) is 31.8 Å². The molecule has 27 heavy (non-hydrogen) atoms. The van der Waals surface area contributed by atoms with E-state index in [1.807, 2.05) is 17.0 Å². The van der Waals surface area contributed by atoms with Gasteiger partial charge in [0.25, 0.3) is 0 Å². The molecule has 2 saturated heterocycles. The first kappa shape index (κ1) is 17.3. The van der Waals surface area contributed by atoms with Crippen molar-refractivity contribution in [3.05, 3.63) is 41.4 Å². The number of carbonyl (C=O) groups is 1. The summed E-state index contributed by atoms with van der Waals surface area (Å²) in [4.78, 5) is 20.2. The van der Waals surface area contributed by atoms with Crippen LogP contribution in [0.15, 0.2) is 36.4 Å². The molecule has 0 N–H and O–H groups in total. The van der Waals surface area contributed by atoms with Gasteiger partial charge in [-0.3, -0.25) is 4.79 Å². The molecule has 5 nitrogen and oxygen atoms in total. The van der Waals surface area contributed by atoms with Crippen molar-refractivity contribution in [2.24, 2.45) is 5.92 Å². The molecule has 0 saturated carbocycles. The molecule has 0 bridgehead atoms. The van der Waals surface area contributed by atoms with Gasteiger partial charge in [-0.1, -0.05) is 24.3 Å². The highest BCUT2D eigenvalue weighted by Gasteiger charge is 2.43. The van der Waals surface area contributed by atoms with Gasteiger partial charge in [0.1, 0.15) is 0 Å². The minimum absolute atomic E-state index is 0.0185. The molecule has 3 aliphatic rings. The predicted molar refractivity (Wildman–Crippen MR) is 105 cm³/mol. The van der Waals surface area contributed by atoms with Gasteiger partial charge >= 0.3 is 0 Å². The monoisotopic (exact) mass is 384 g/mol. The highest BCUT2D eigenvalue weighted by atomic mass is 32.1. The lowest BCUT2D eigenvalue weighted by Crippen LogP contribution is -2.49. The first-order valence-corrected chi connectivity index (χ1v) is 10.6. The smallest absolute Gasteiger partial charge is 0.226 e. The van der Waals surface area contributed by atoms with Crippen LogP contribution >= 0.6 is 11.3 Å². The van der Waals surface area contributed by atoms with E-state index in [0.29, 0.717) is 26.3 Å². The van der Waals surface area contributed by atoms with Crippen LogP contribution in [0.4, 0.5) is 0 Å². The maximum absolute atomic E-state index is 13.3. The van der Waals surface area contributed by atoms with Crippen molar-refractivity contribution in [2.75, 3.05) is 26.3 Å². The Morgan fingerprint density at radius 1 is 1.11 bits per heavy atom. The summed E-state index contributed by atoms with van der Waals surface area (Å²) in [5.41, 5.74) is 1.04. The average Bonchev–Trinajstić information content (AvgIpc) is 3.35. The number of para-hydroxylation sites is 1. The Morgan fingerprint density at radius 3 is 2.63 bits per heavy atom. The van der Waals surface area contributed by atoms with Crippen LogP contribution < -0.4 is 0 Å². The summed E-state index contributed by atoms with van der Waals surface area (Å²) >= 11 is 1.73. The van der Waals surface area contributed by atoms with Crippen molar-refractivity contribution >= 4 is 27.5 Å². The van der Waals surface area contributed by atoms with E-state index in [1.165, 1.54) is 4.70 Å². The molecule has 1 aromatic heterocycles. The van der Waals surface area contributed by atoms with Crippen molar-refractivity contribution in [2.45, 2.75) is 37.4 Å². The third-order valence-corrected chi connectivity index (χ3v) is 7.20. The van der Waals surface area contributed by atoms with Gasteiger partial charge in [-0.05, 0) is 25.0 Å². The van der Waals surface area contributed by atoms with Gasteiger partial charge in [0.15, 0.2) is 5.79 Å². The Balaban J connectivity index is 1.34. The molecule has 1 spiro atoms. The van der Waals surface area contributed by atoms with E-state index in [2.05, 4.69) is 24.3 Å². The number of likely N-dealkylation sites (tertiary alicyclic amines) is 1. The fourth-order valence-electron chi connectivity index (χ4n) is 4.50. The Kier molecular flexibility index (Phi) is 4.50. The van der Waals surface area contributed by atoms with E-state index in [4.69, 9.17) is 14.5 Å². The Labute approximate surface area is 163 Å². The fourth-order valence-corrected chi connectivity index (χ4v) is 5.64. The number of hydrogen-bond donors (Lipinski definition) is 0. The second-order valence-electron chi connectivity index (χ2n) is 7.61. The van der Waals surface area contributed by atoms with Crippen LogP contribution in [0.25, 0.3) is 10.2 Å². The molecule has 3 heterocycles. The van der Waals surface area contributed by atoms with Gasteiger partial charge in [0.2, 0.25) is 5.91 Å². The summed E-state index contributed by atoms with van der Waals surface area (Å²) in [6.07, 6.45) is 7.58. The maximum atomic E-state index is 13.3. The van der Waals surface area contributed by atoms with Crippen molar-refractivity contribution in [3.8, 4) is 0 Å². The highest BCUT2D eigenvalue weighted by molar-refractivity contribution is 7.18. The Morgan fingerprint density at radius 2 is 1.85 bits per heavy atom. The summed E-state index contributed by atoms with van der Waals surface area (Å²) in [5.74, 6) is -0.0170. The number of piperidine rings is 1. The zero-order valence-corrected chi connectivity index (χ0v) is 16.1. The molecule has 6 heteroatoms. The van der Waals surface area contributed by atoms with Crippen LogP contribution in [-0.4, -0.2) is 47.9 Å². The largest absolute Gasteiger partial charge is 0.347 e. The summed E-state index contributed by atoms with van der Waals surface area (Å²) in [6, 6.07) is 8.23. The van der Waals surface area contributed by atoms with Crippen LogP contribution in [0.3, 0.4) is 0 Å². The summed E-state index contributed by atoms with van der Waals surface area (Å²) < 4.78 is 12.8. The van der Waals surface area contributed by atoms with E-state index in [-0.39, 0.29) is 17.7 Å². The molecule has 1 amide bonds. The number of nitrogens with zero attached hydrogens (tertiary/aromatic N) is 2. The predicted octanol–water partition coefficient (Wildman–Crippen LogP) is 3.71. The lowest BCUT2D eigenvalue weighted by Gasteiger charge is -2.40. The van der Waals surface area contributed by atoms with Gasteiger partial charge in [-0.25, -0.2) is 4.98 Å². The number of benzene rings is 1. The molecule has 142 valence electrons. The number of rotatable bonds is 2. The molecule has 2 atom stereocenters. The van der Waals surface area contributed by atoms with Crippen molar-refractivity contribution in [1.82, 2.24) is 9.88 Å². The Hall–Kier alpha value is -1.76. The number of ether oxygens (including phenoxy) is 2. The molecule has 2 unspecified atom stereocenters. The van der Waals surface area contributed by atoms with E-state index in [1.54, 1.807) is 11.3 Å². The van der Waals surface area contributed by atoms with E-state index in [9.17, 15) is 4.79 Å². The second kappa shape index (κ2) is 7.00. The number of thiazole rings is 1. The van der Waals surface area contributed by atoms with E-state index < -0.39 is 5.79 Å². The third kappa shape index (κ3) is 3.20. The van der Waals surface area contributed by atoms with E-state index >= 15 is 0 Å². The lowest BCUT2D eigenvalue weighted by molar-refractivity contribution is -0.188. The summed E-state index contributed by atoms with van der Waals surface area (Å²) in [6.45, 7) is 2.76. The number of hydrogen-bond acceptors (Lipinski definition) is 5. The standard InChI is InChI=1S/C21H24N2O3S/c24-20(23-11-9-21(10-12-23)25-13-14-26-21)16-6-2-1-5-15(16)19-22-17-7-3-4-8-18(17)27-19/h1-4,7-8,15-16H,5-6,9-14H2. The molecule has 0 radical (unpaired) electrons. The van der Waals surface area contributed by atoms with Crippen LogP contribution in [0, 0.1) is 5.92 Å². The molecular weight excluding hydrogens is 360 g/mol. The molecule has 2 aliphatic heterocycles. The topological polar surface area (TPSA) is 51.7 Å². The normalized spacial score (nSPS) is 27.5. The fraction of sp³-hybridized carbons (Fsp3) is 0.524. The molecule has 5 rings (SSSR count). The van der Waals surface area contributed by atoms with Gasteiger partial charge < -0.3 is 14.4 Å². The summed E-state index contributed by atoms with van der Waals surface area (Å²) in [5, 5.41) is 1.09. The second-order valence-corrected chi connectivity index (χ2v) is 8.67. The van der Waals surface area contributed by atoms with Crippen LogP contribution in [0.5, 0.6) is 0 Å². The van der Waals surface area contributed by atoms with Crippen molar-refractivity contribution in [3.63, 3.8) is 0 Å². The number of amides is 1. The minimum Gasteiger partial charge on any atom is -0.347 e. The molecule has 1 aliphatic carbocycles. The lowest BCUT2D eigenvalue weighted by atomic mass is 9.82. The van der Waals surface area contributed by atoms with Gasteiger partial charge in [-0.15, -0.1) is 11.3 Å². The van der Waals surface area contributed by atoms with Gasteiger partial charge in [0.05, 0.1) is 34.4 Å². The SMILES string of the molecule is O=C(C1CC=CCC1c1nc2ccccc2s1)N1CCC2(CC1)OCCO2. The summed E-state index contributed by atoms with van der Waals surface area (Å²) in [7, 11) is 0. The zero-order chi connectivity index (χ0) is 18.3. The van der Waals surface area contributed by atoms with Gasteiger partial charge in [-0.2, -0.15) is 0 Å². The highest BCUT2D eigenvalue weighted by Crippen LogP contribution is 2.40. The number of allylic oxidation sites excluding steroid dienone is 2. The van der Waals surface area contributed by atoms with E-state index in [0.717, 1.165) is 36.2 Å². The number of carbonyl (C=O) groups excluding carboxylic acids is 1. The van der Waals surface area contributed by atoms with Crippen molar-refractivity contribution in [1.29, 1.82) is 0 Å². The van der Waals surface area contributed by atoms with Crippen LogP contribution in [0.2, 0.25) is 0 Å². The first-order chi connectivity index (χ1) is 13.2. The average molecular weight is 385 g/mol. The molecule has 1 aromatic carbocycles. The molecule has 2 fully saturated rings.